The minimum atomic E-state index is -0.557. The van der Waals surface area contributed by atoms with Crippen molar-refractivity contribution in [2.45, 2.75) is 278 Å². The average molecular weight is 1510 g/mol. The Bertz CT molecular complexity index is 2630. The predicted molar refractivity (Wildman–Crippen MR) is 427 cm³/mol. The van der Waals surface area contributed by atoms with Gasteiger partial charge in [-0.3, -0.25) is 9.59 Å². The monoisotopic (exact) mass is 1510 g/mol. The van der Waals surface area contributed by atoms with Crippen LogP contribution >= 0.6 is 0 Å². The van der Waals surface area contributed by atoms with Crippen LogP contribution in [0.5, 0.6) is 0 Å². The van der Waals surface area contributed by atoms with E-state index in [2.05, 4.69) is 111 Å². The van der Waals surface area contributed by atoms with E-state index in [0.29, 0.717) is 96.8 Å². The molecule has 0 heterocycles. The van der Waals surface area contributed by atoms with Crippen molar-refractivity contribution in [3.8, 4) is 0 Å². The van der Waals surface area contributed by atoms with E-state index < -0.39 is 6.10 Å². The smallest absolute Gasteiger partial charge is 0.309 e. The second-order valence-corrected chi connectivity index (χ2v) is 41.4. The van der Waals surface area contributed by atoms with E-state index in [0.717, 1.165) is 187 Å². The fourth-order valence-electron chi connectivity index (χ4n) is 28.8. The van der Waals surface area contributed by atoms with Crippen LogP contribution in [0.1, 0.15) is 259 Å². The first-order chi connectivity index (χ1) is 50.8. The highest BCUT2D eigenvalue weighted by Crippen LogP contribution is 2.63. The number of fused-ring (bicyclic) bond motifs is 16. The molecule has 0 aromatic rings. The highest BCUT2D eigenvalue weighted by atomic mass is 16.6. The van der Waals surface area contributed by atoms with Crippen LogP contribution in [0.4, 0.5) is 0 Å². The first kappa shape index (κ1) is 89.5. The third-order valence-corrected chi connectivity index (χ3v) is 37.3. The molecule has 107 heavy (non-hydrogen) atoms. The second-order valence-electron chi connectivity index (χ2n) is 41.4. The summed E-state index contributed by atoms with van der Waals surface area (Å²) in [4.78, 5) is 23.8. The van der Waals surface area contributed by atoms with E-state index in [-0.39, 0.29) is 81.0 Å². The summed E-state index contributed by atoms with van der Waals surface area (Å²) in [6.07, 6.45) is 25.1. The molecular formula is C93H166O14. The molecule has 0 aromatic heterocycles. The van der Waals surface area contributed by atoms with Crippen LogP contribution in [-0.4, -0.2) is 141 Å². The van der Waals surface area contributed by atoms with Gasteiger partial charge in [0, 0.05) is 38.4 Å². The molecule has 0 amide bonds. The molecule has 0 spiro atoms. The summed E-state index contributed by atoms with van der Waals surface area (Å²) in [6, 6.07) is 0. The molecule has 14 heteroatoms. The number of hydrogen-bond acceptors (Lipinski definition) is 14. The lowest BCUT2D eigenvalue weighted by Crippen LogP contribution is -2.41. The van der Waals surface area contributed by atoms with Crippen molar-refractivity contribution in [3.63, 3.8) is 0 Å². The van der Waals surface area contributed by atoms with Crippen molar-refractivity contribution in [2.75, 3.05) is 59.5 Å². The maximum atomic E-state index is 11.9. The van der Waals surface area contributed by atoms with Crippen molar-refractivity contribution >= 4 is 11.9 Å². The molecule has 0 saturated heterocycles. The lowest BCUT2D eigenvalue weighted by molar-refractivity contribution is -0.158. The van der Waals surface area contributed by atoms with Gasteiger partial charge in [-0.2, -0.15) is 0 Å². The molecule has 16 fully saturated rings. The van der Waals surface area contributed by atoms with Crippen molar-refractivity contribution in [1.29, 1.82) is 0 Å². The minimum Gasteiger partial charge on any atom is -0.463 e. The minimum absolute atomic E-state index is 0.0381. The number of aliphatic hydroxyl groups excluding tert-OH is 10. The van der Waals surface area contributed by atoms with E-state index in [4.69, 9.17) is 35.0 Å². The van der Waals surface area contributed by atoms with Crippen molar-refractivity contribution < 1.29 is 70.1 Å². The molecule has 42 atom stereocenters. The second kappa shape index (κ2) is 39.5. The van der Waals surface area contributed by atoms with E-state index in [1.165, 1.54) is 89.9 Å². The molecule has 622 valence electrons. The summed E-state index contributed by atoms with van der Waals surface area (Å²) < 4.78 is 10.4. The molecule has 16 bridgehead atoms. The highest BCUT2D eigenvalue weighted by Gasteiger charge is 2.59. The summed E-state index contributed by atoms with van der Waals surface area (Å²) in [5.41, 5.74) is -0.142. The zero-order chi connectivity index (χ0) is 78.5. The van der Waals surface area contributed by atoms with Crippen LogP contribution in [0, 0.1) is 236 Å². The topological polar surface area (TPSA) is 255 Å². The van der Waals surface area contributed by atoms with E-state index >= 15 is 0 Å². The summed E-state index contributed by atoms with van der Waals surface area (Å²) in [5, 5.41) is 91.3. The van der Waals surface area contributed by atoms with Gasteiger partial charge in [-0.25, -0.2) is 0 Å². The molecule has 0 aromatic carbocycles. The van der Waals surface area contributed by atoms with E-state index in [1.807, 2.05) is 0 Å². The highest BCUT2D eigenvalue weighted by molar-refractivity contribution is 5.74. The van der Waals surface area contributed by atoms with Crippen LogP contribution in [0.3, 0.4) is 0 Å². The van der Waals surface area contributed by atoms with Gasteiger partial charge in [0.15, 0.2) is 0 Å². The predicted octanol–water partition coefficient (Wildman–Crippen LogP) is 15.8. The Morgan fingerprint density at radius 1 is 0.364 bits per heavy atom. The van der Waals surface area contributed by atoms with Crippen LogP contribution in [-0.2, 0) is 19.1 Å². The quantitative estimate of drug-likeness (QED) is 0.0427. The van der Waals surface area contributed by atoms with Crippen molar-refractivity contribution in [2.24, 2.45) is 236 Å². The Hall–Kier alpha value is -1.46. The Morgan fingerprint density at radius 2 is 0.729 bits per heavy atom. The van der Waals surface area contributed by atoms with E-state index in [1.54, 1.807) is 13.8 Å². The molecule has 10 N–H and O–H groups in total. The van der Waals surface area contributed by atoms with Crippen LogP contribution in [0.15, 0.2) is 0 Å². The molecule has 0 aliphatic heterocycles. The van der Waals surface area contributed by atoms with Gasteiger partial charge >= 0.3 is 11.9 Å². The zero-order valence-corrected chi connectivity index (χ0v) is 71.1. The SMILES string of the molecule is CC(CO)OC(=O)C1CC2CC1C(C)C2C.CC(O)COC(=O)C1CC2CC1C(C)C2C.CC1C(C)C2CC1C(CO)C2CO.CC1C2CC(C1C)C(CO)(CO)C2.CC1C2CC(CCCCO)C(C2)C1C.CC1C2CC(CCCO)C(C2)C1C.CC1C2CC(CCO)C(C2)C1C.CC1C2CC(O)C(C2)C1C. The average Bonchev–Trinajstić information content (AvgIpc) is 1.60. The Kier molecular flexibility index (Phi) is 33.0. The third kappa shape index (κ3) is 19.3. The van der Waals surface area contributed by atoms with Gasteiger partial charge in [-0.15, -0.1) is 0 Å². The van der Waals surface area contributed by atoms with Gasteiger partial charge in [0.1, 0.15) is 12.7 Å². The lowest BCUT2D eigenvalue weighted by Gasteiger charge is -2.40. The van der Waals surface area contributed by atoms with Gasteiger partial charge in [-0.05, 0) is 355 Å². The number of hydrogen-bond donors (Lipinski definition) is 10. The van der Waals surface area contributed by atoms with Gasteiger partial charge in [0.25, 0.3) is 0 Å². The van der Waals surface area contributed by atoms with Gasteiger partial charge in [0.05, 0.1) is 43.9 Å². The number of aliphatic hydroxyl groups is 10. The number of carbonyl (C=O) groups excluding carboxylic acids is 2. The van der Waals surface area contributed by atoms with Gasteiger partial charge in [-0.1, -0.05) is 124 Å². The first-order valence-electron chi connectivity index (χ1n) is 45.4. The molecular weight excluding hydrogens is 1340 g/mol. The number of esters is 2. The number of rotatable bonds is 19. The normalized spacial score (nSPS) is 48.6. The molecule has 16 saturated carbocycles. The number of ether oxygens (including phenoxy) is 2. The molecule has 0 radical (unpaired) electrons. The van der Waals surface area contributed by atoms with Gasteiger partial charge < -0.3 is 60.5 Å². The van der Waals surface area contributed by atoms with Crippen LogP contribution < -0.4 is 0 Å². The fraction of sp³-hybridized carbons (Fsp3) is 0.978. The largest absolute Gasteiger partial charge is 0.463 e. The molecule has 42 unspecified atom stereocenters. The van der Waals surface area contributed by atoms with E-state index in [9.17, 15) is 35.1 Å². The molecule has 16 aliphatic carbocycles. The summed E-state index contributed by atoms with van der Waals surface area (Å²) in [7, 11) is 0. The standard InChI is InChI=1S/2C13H22O3.C13H24O.C12H22O.2C11H20O2.C11H20O.C9H16O/c1-7(14)6-16-13(15)12-5-10-4-11(12)9(3)8(10)2;1-7(6-14)16-13(15)12-5-10-4-11(12)9(3)8(10)2;1-9-10(2)13-8-12(9)7-11(13)5-3-4-6-14;1-8-9(2)12-7-11(8)6-10(12)4-3-5-13;1-7-8(2)10-3-9(7)4-11(10,5-12)6-13;1-6-7(2)9-3-8(6)10(4-12)11(9)5-13;1-7-8(2)11-6-10(7)5-9(11)3-4-12;1-5-6(2)8-3-7(5)4-9(8)10/h2*7-12,14H,4-6H2,1-3H3;9-14H,3-8H2,1-2H3;8-13H,3-7H2,1-2H3;7-10,12-13H,3-6H2,1-2H3;6-13H,3-5H2,1-2H3;7-12H,3-6H2,1-2H3;5-10H,3-4H2,1-2H3. The zero-order valence-electron chi connectivity index (χ0n) is 71.1. The van der Waals surface area contributed by atoms with Crippen molar-refractivity contribution in [1.82, 2.24) is 0 Å². The molecule has 14 nitrogen and oxygen atoms in total. The molecule has 16 aliphatic rings. The Balaban J connectivity index is 0.000000142. The maximum absolute atomic E-state index is 11.9. The summed E-state index contributed by atoms with van der Waals surface area (Å²) in [6.45, 7) is 42.9. The first-order valence-corrected chi connectivity index (χ1v) is 45.4. The number of unbranched alkanes of at least 4 members (excludes halogenated alkanes) is 1. The lowest BCUT2D eigenvalue weighted by atomic mass is 9.66. The Labute approximate surface area is 652 Å². The maximum Gasteiger partial charge on any atom is 0.309 e. The molecule has 16 rings (SSSR count). The Morgan fingerprint density at radius 3 is 1.06 bits per heavy atom. The van der Waals surface area contributed by atoms with Crippen LogP contribution in [0.25, 0.3) is 0 Å². The third-order valence-electron chi connectivity index (χ3n) is 37.3. The summed E-state index contributed by atoms with van der Waals surface area (Å²) in [5.74, 6) is 29.2. The summed E-state index contributed by atoms with van der Waals surface area (Å²) >= 11 is 0. The number of carbonyl (C=O) groups is 2. The fourth-order valence-corrected chi connectivity index (χ4v) is 28.8. The van der Waals surface area contributed by atoms with Crippen LogP contribution in [0.2, 0.25) is 0 Å². The van der Waals surface area contributed by atoms with Crippen molar-refractivity contribution in [3.05, 3.63) is 0 Å². The van der Waals surface area contributed by atoms with Gasteiger partial charge in [0.2, 0.25) is 0 Å².